The van der Waals surface area contributed by atoms with Gasteiger partial charge in [-0.1, -0.05) is 6.07 Å². The maximum absolute atomic E-state index is 13.3. The second-order valence-electron chi connectivity index (χ2n) is 4.93. The van der Waals surface area contributed by atoms with Gasteiger partial charge in [0.2, 0.25) is 0 Å². The van der Waals surface area contributed by atoms with Gasteiger partial charge in [0.25, 0.3) is 5.56 Å². The average molecular weight is 312 g/mol. The molecule has 0 atom stereocenters. The zero-order chi connectivity index (χ0) is 15.1. The first-order valence-electron chi connectivity index (χ1n) is 6.56. The molecule has 0 saturated heterocycles. The number of hydrogen-bond donors (Lipinski definition) is 0. The monoisotopic (exact) mass is 312 g/mol. The van der Waals surface area contributed by atoms with Crippen molar-refractivity contribution >= 4 is 33.7 Å². The van der Waals surface area contributed by atoms with Crippen molar-refractivity contribution in [3.05, 3.63) is 64.5 Å². The standard InChI is InChI=1S/C15H9FN4OS/c16-10-2-4-12-11(6-10)15(21)20(8-17-12)7-9-1-3-13-14(5-9)19-22-18-13/h1-6,8H,7H2. The molecule has 0 aliphatic heterocycles. The van der Waals surface area contributed by atoms with E-state index in [1.165, 1.54) is 29.1 Å². The lowest BCUT2D eigenvalue weighted by atomic mass is 10.2. The van der Waals surface area contributed by atoms with E-state index in [9.17, 15) is 9.18 Å². The number of halogens is 1. The van der Waals surface area contributed by atoms with Gasteiger partial charge in [-0.3, -0.25) is 9.36 Å². The van der Waals surface area contributed by atoms with Crippen molar-refractivity contribution in [3.63, 3.8) is 0 Å². The van der Waals surface area contributed by atoms with Crippen LogP contribution in [0.4, 0.5) is 4.39 Å². The molecule has 0 spiro atoms. The molecule has 0 unspecified atom stereocenters. The molecule has 108 valence electrons. The molecule has 0 bridgehead atoms. The van der Waals surface area contributed by atoms with Crippen LogP contribution in [-0.2, 0) is 6.54 Å². The largest absolute Gasteiger partial charge is 0.294 e. The maximum Gasteiger partial charge on any atom is 0.261 e. The third-order valence-electron chi connectivity index (χ3n) is 3.46. The van der Waals surface area contributed by atoms with Crippen molar-refractivity contribution in [2.45, 2.75) is 6.54 Å². The summed E-state index contributed by atoms with van der Waals surface area (Å²) >= 11 is 1.15. The van der Waals surface area contributed by atoms with Gasteiger partial charge in [-0.15, -0.1) is 0 Å². The Hall–Kier alpha value is -2.67. The zero-order valence-corrected chi connectivity index (χ0v) is 12.0. The van der Waals surface area contributed by atoms with Crippen LogP contribution in [0.1, 0.15) is 5.56 Å². The van der Waals surface area contributed by atoms with E-state index in [0.717, 1.165) is 28.3 Å². The van der Waals surface area contributed by atoms with Crippen LogP contribution in [0, 0.1) is 5.82 Å². The Morgan fingerprint density at radius 2 is 1.86 bits per heavy atom. The van der Waals surface area contributed by atoms with E-state index in [0.29, 0.717) is 12.1 Å². The molecule has 0 aliphatic rings. The smallest absolute Gasteiger partial charge is 0.261 e. The molecule has 7 heteroatoms. The molecule has 0 amide bonds. The first-order chi connectivity index (χ1) is 10.7. The summed E-state index contributed by atoms with van der Waals surface area (Å²) in [6, 6.07) is 9.67. The van der Waals surface area contributed by atoms with Crippen molar-refractivity contribution in [1.29, 1.82) is 0 Å². The third-order valence-corrected chi connectivity index (χ3v) is 4.01. The van der Waals surface area contributed by atoms with E-state index in [4.69, 9.17) is 0 Å². The van der Waals surface area contributed by atoms with E-state index >= 15 is 0 Å². The summed E-state index contributed by atoms with van der Waals surface area (Å²) in [7, 11) is 0. The first-order valence-corrected chi connectivity index (χ1v) is 7.30. The highest BCUT2D eigenvalue weighted by Crippen LogP contribution is 2.14. The van der Waals surface area contributed by atoms with Crippen molar-refractivity contribution in [1.82, 2.24) is 18.3 Å². The Bertz CT molecular complexity index is 1060. The topological polar surface area (TPSA) is 60.7 Å². The van der Waals surface area contributed by atoms with Crippen LogP contribution in [0.3, 0.4) is 0 Å². The fraction of sp³-hybridized carbons (Fsp3) is 0.0667. The van der Waals surface area contributed by atoms with E-state index < -0.39 is 5.82 Å². The molecule has 4 aromatic rings. The summed E-state index contributed by atoms with van der Waals surface area (Å²) < 4.78 is 23.1. The highest BCUT2D eigenvalue weighted by atomic mass is 32.1. The van der Waals surface area contributed by atoms with E-state index in [1.54, 1.807) is 0 Å². The SMILES string of the molecule is O=c1c2cc(F)ccc2ncn1Cc1ccc2nsnc2c1. The van der Waals surface area contributed by atoms with Gasteiger partial charge in [0.1, 0.15) is 16.9 Å². The number of hydrogen-bond acceptors (Lipinski definition) is 5. The van der Waals surface area contributed by atoms with Crippen LogP contribution in [-0.4, -0.2) is 18.3 Å². The van der Waals surface area contributed by atoms with Crippen molar-refractivity contribution in [3.8, 4) is 0 Å². The molecule has 2 aromatic carbocycles. The van der Waals surface area contributed by atoms with Crippen LogP contribution in [0.25, 0.3) is 21.9 Å². The molecule has 22 heavy (non-hydrogen) atoms. The number of aromatic nitrogens is 4. The third kappa shape index (κ3) is 2.15. The predicted molar refractivity (Wildman–Crippen MR) is 82.5 cm³/mol. The molecule has 0 fully saturated rings. The quantitative estimate of drug-likeness (QED) is 0.571. The Morgan fingerprint density at radius 1 is 1.05 bits per heavy atom. The van der Waals surface area contributed by atoms with Crippen molar-refractivity contribution in [2.75, 3.05) is 0 Å². The van der Waals surface area contributed by atoms with Gasteiger partial charge in [0, 0.05) is 0 Å². The van der Waals surface area contributed by atoms with Gasteiger partial charge in [0.15, 0.2) is 0 Å². The summed E-state index contributed by atoms with van der Waals surface area (Å²) in [5.41, 5.74) is 2.78. The zero-order valence-electron chi connectivity index (χ0n) is 11.2. The molecule has 0 N–H and O–H groups in total. The van der Waals surface area contributed by atoms with Gasteiger partial charge < -0.3 is 0 Å². The normalized spacial score (nSPS) is 11.3. The number of fused-ring (bicyclic) bond motifs is 2. The van der Waals surface area contributed by atoms with Gasteiger partial charge in [-0.25, -0.2) is 9.37 Å². The fourth-order valence-corrected chi connectivity index (χ4v) is 2.88. The molecule has 2 heterocycles. The molecule has 0 aliphatic carbocycles. The summed E-state index contributed by atoms with van der Waals surface area (Å²) in [6.45, 7) is 0.353. The van der Waals surface area contributed by atoms with Crippen LogP contribution in [0.2, 0.25) is 0 Å². The molecule has 0 saturated carbocycles. The second kappa shape index (κ2) is 4.96. The Balaban J connectivity index is 1.80. The lowest BCUT2D eigenvalue weighted by molar-refractivity contribution is 0.629. The minimum absolute atomic E-state index is 0.263. The molecule has 0 radical (unpaired) electrons. The summed E-state index contributed by atoms with van der Waals surface area (Å²) in [6.07, 6.45) is 1.48. The first kappa shape index (κ1) is 13.0. The van der Waals surface area contributed by atoms with Gasteiger partial charge >= 0.3 is 0 Å². The highest BCUT2D eigenvalue weighted by Gasteiger charge is 2.07. The van der Waals surface area contributed by atoms with E-state index in [2.05, 4.69) is 13.7 Å². The lowest BCUT2D eigenvalue weighted by Gasteiger charge is -2.06. The summed E-state index contributed by atoms with van der Waals surface area (Å²) in [5.74, 6) is -0.445. The Morgan fingerprint density at radius 3 is 2.77 bits per heavy atom. The minimum Gasteiger partial charge on any atom is -0.294 e. The lowest BCUT2D eigenvalue weighted by Crippen LogP contribution is -2.21. The average Bonchev–Trinajstić information content (AvgIpc) is 2.98. The predicted octanol–water partition coefficient (Wildman–Crippen LogP) is 2.59. The van der Waals surface area contributed by atoms with Crippen LogP contribution in [0.15, 0.2) is 47.5 Å². The molecule has 4 rings (SSSR count). The Kier molecular flexibility index (Phi) is 2.93. The van der Waals surface area contributed by atoms with Gasteiger partial charge in [0.05, 0.1) is 35.5 Å². The second-order valence-corrected chi connectivity index (χ2v) is 5.45. The van der Waals surface area contributed by atoms with Crippen LogP contribution < -0.4 is 5.56 Å². The van der Waals surface area contributed by atoms with Crippen LogP contribution in [0.5, 0.6) is 0 Å². The van der Waals surface area contributed by atoms with E-state index in [1.807, 2.05) is 18.2 Å². The highest BCUT2D eigenvalue weighted by molar-refractivity contribution is 7.00. The summed E-state index contributed by atoms with van der Waals surface area (Å²) in [5, 5.41) is 0.277. The number of rotatable bonds is 2. The molecular weight excluding hydrogens is 303 g/mol. The van der Waals surface area contributed by atoms with Gasteiger partial charge in [-0.2, -0.15) is 8.75 Å². The van der Waals surface area contributed by atoms with Crippen molar-refractivity contribution in [2.24, 2.45) is 0 Å². The Labute approximate surface area is 128 Å². The number of benzene rings is 2. The minimum atomic E-state index is -0.445. The maximum atomic E-state index is 13.3. The molecular formula is C15H9FN4OS. The van der Waals surface area contributed by atoms with Crippen molar-refractivity contribution < 1.29 is 4.39 Å². The van der Waals surface area contributed by atoms with Crippen LogP contribution >= 0.6 is 11.7 Å². The number of nitrogens with zero attached hydrogens (tertiary/aromatic N) is 4. The summed E-state index contributed by atoms with van der Waals surface area (Å²) in [4.78, 5) is 16.6. The fourth-order valence-electron chi connectivity index (χ4n) is 2.37. The molecule has 2 aromatic heterocycles. The van der Waals surface area contributed by atoms with Gasteiger partial charge in [-0.05, 0) is 35.9 Å². The van der Waals surface area contributed by atoms with E-state index in [-0.39, 0.29) is 10.9 Å². The molecule has 5 nitrogen and oxygen atoms in total.